The molecule has 20 heavy (non-hydrogen) atoms. The summed E-state index contributed by atoms with van der Waals surface area (Å²) < 4.78 is 5.27. The molecule has 2 aromatic rings. The first-order valence-corrected chi connectivity index (χ1v) is 7.09. The summed E-state index contributed by atoms with van der Waals surface area (Å²) in [5, 5.41) is 4.03. The van der Waals surface area contributed by atoms with E-state index in [2.05, 4.69) is 56.0 Å². The van der Waals surface area contributed by atoms with E-state index in [4.69, 9.17) is 10.3 Å². The summed E-state index contributed by atoms with van der Waals surface area (Å²) >= 11 is 0. The number of nitrogens with zero attached hydrogens (tertiary/aromatic N) is 2. The first kappa shape index (κ1) is 14.7. The third-order valence-corrected chi connectivity index (χ3v) is 3.17. The van der Waals surface area contributed by atoms with Crippen molar-refractivity contribution in [3.8, 4) is 0 Å². The molecule has 0 aliphatic heterocycles. The van der Waals surface area contributed by atoms with Crippen LogP contribution in [-0.4, -0.2) is 10.1 Å². The highest BCUT2D eigenvalue weighted by atomic mass is 16.5. The zero-order valence-corrected chi connectivity index (χ0v) is 12.7. The van der Waals surface area contributed by atoms with Crippen LogP contribution in [-0.2, 0) is 6.42 Å². The lowest BCUT2D eigenvalue weighted by molar-refractivity contribution is 0.333. The molecular weight excluding hydrogens is 250 g/mol. The Labute approximate surface area is 120 Å². The SMILES string of the molecule is Cc1cc(C)cc(Cc2noc([C@H](N)CC(C)C)n2)c1. The fourth-order valence-corrected chi connectivity index (χ4v) is 2.45. The van der Waals surface area contributed by atoms with Crippen molar-refractivity contribution in [3.05, 3.63) is 46.6 Å². The fourth-order valence-electron chi connectivity index (χ4n) is 2.45. The van der Waals surface area contributed by atoms with Crippen LogP contribution in [0.5, 0.6) is 0 Å². The van der Waals surface area contributed by atoms with Gasteiger partial charge in [-0.25, -0.2) is 0 Å². The summed E-state index contributed by atoms with van der Waals surface area (Å²) in [5.74, 6) is 1.75. The molecule has 1 aromatic carbocycles. The van der Waals surface area contributed by atoms with Crippen molar-refractivity contribution in [2.75, 3.05) is 0 Å². The van der Waals surface area contributed by atoms with Gasteiger partial charge in [-0.15, -0.1) is 0 Å². The van der Waals surface area contributed by atoms with Crippen molar-refractivity contribution in [2.24, 2.45) is 11.7 Å². The van der Waals surface area contributed by atoms with Gasteiger partial charge in [-0.05, 0) is 31.7 Å². The Hall–Kier alpha value is -1.68. The summed E-state index contributed by atoms with van der Waals surface area (Å²) in [6.07, 6.45) is 1.53. The third-order valence-electron chi connectivity index (χ3n) is 3.17. The molecule has 2 rings (SSSR count). The molecule has 0 radical (unpaired) electrons. The minimum Gasteiger partial charge on any atom is -0.338 e. The molecule has 0 amide bonds. The second-order valence-electron chi connectivity index (χ2n) is 5.96. The number of aryl methyl sites for hydroxylation is 2. The van der Waals surface area contributed by atoms with Crippen LogP contribution in [0.2, 0.25) is 0 Å². The number of nitrogens with two attached hydrogens (primary N) is 1. The molecule has 0 saturated carbocycles. The fraction of sp³-hybridized carbons (Fsp3) is 0.500. The smallest absolute Gasteiger partial charge is 0.243 e. The monoisotopic (exact) mass is 273 g/mol. The Kier molecular flexibility index (Phi) is 4.55. The van der Waals surface area contributed by atoms with Gasteiger partial charge in [-0.2, -0.15) is 4.98 Å². The molecule has 4 nitrogen and oxygen atoms in total. The Morgan fingerprint density at radius 1 is 1.15 bits per heavy atom. The highest BCUT2D eigenvalue weighted by molar-refractivity contribution is 5.30. The van der Waals surface area contributed by atoms with Crippen molar-refractivity contribution in [1.29, 1.82) is 0 Å². The summed E-state index contributed by atoms with van der Waals surface area (Å²) in [6.45, 7) is 8.45. The lowest BCUT2D eigenvalue weighted by Crippen LogP contribution is -2.13. The molecule has 4 heteroatoms. The highest BCUT2D eigenvalue weighted by Crippen LogP contribution is 2.18. The summed E-state index contributed by atoms with van der Waals surface area (Å²) in [6, 6.07) is 6.29. The van der Waals surface area contributed by atoms with Gasteiger partial charge in [0.25, 0.3) is 0 Å². The molecule has 1 aromatic heterocycles. The van der Waals surface area contributed by atoms with Crippen LogP contribution < -0.4 is 5.73 Å². The van der Waals surface area contributed by atoms with E-state index in [0.29, 0.717) is 24.1 Å². The van der Waals surface area contributed by atoms with E-state index >= 15 is 0 Å². The van der Waals surface area contributed by atoms with Gasteiger partial charge in [-0.3, -0.25) is 0 Å². The molecule has 1 atom stereocenters. The Balaban J connectivity index is 2.09. The molecule has 0 fully saturated rings. The zero-order chi connectivity index (χ0) is 14.7. The van der Waals surface area contributed by atoms with Crippen molar-refractivity contribution in [3.63, 3.8) is 0 Å². The molecule has 0 saturated heterocycles. The third kappa shape index (κ3) is 3.90. The van der Waals surface area contributed by atoms with E-state index in [1.807, 2.05) is 0 Å². The minimum absolute atomic E-state index is 0.171. The maximum atomic E-state index is 6.05. The van der Waals surface area contributed by atoms with Crippen molar-refractivity contribution < 1.29 is 4.52 Å². The number of hydrogen-bond acceptors (Lipinski definition) is 4. The van der Waals surface area contributed by atoms with Crippen molar-refractivity contribution in [2.45, 2.75) is 46.6 Å². The second kappa shape index (κ2) is 6.18. The number of aromatic nitrogens is 2. The van der Waals surface area contributed by atoms with Gasteiger partial charge < -0.3 is 10.3 Å². The van der Waals surface area contributed by atoms with Gasteiger partial charge in [-0.1, -0.05) is 48.3 Å². The first-order chi connectivity index (χ1) is 9.44. The largest absolute Gasteiger partial charge is 0.338 e. The van der Waals surface area contributed by atoms with E-state index in [0.717, 1.165) is 6.42 Å². The molecule has 1 heterocycles. The Morgan fingerprint density at radius 3 is 2.40 bits per heavy atom. The van der Waals surface area contributed by atoms with Crippen molar-refractivity contribution in [1.82, 2.24) is 10.1 Å². The van der Waals surface area contributed by atoms with E-state index in [1.165, 1.54) is 16.7 Å². The van der Waals surface area contributed by atoms with Gasteiger partial charge in [0.05, 0.1) is 6.04 Å². The van der Waals surface area contributed by atoms with Crippen LogP contribution in [0.3, 0.4) is 0 Å². The molecular formula is C16H23N3O. The maximum absolute atomic E-state index is 6.05. The van der Waals surface area contributed by atoms with Crippen LogP contribution in [0.1, 0.15) is 54.7 Å². The van der Waals surface area contributed by atoms with Crippen LogP contribution in [0.15, 0.2) is 22.7 Å². The molecule has 0 aliphatic rings. The van der Waals surface area contributed by atoms with Crippen LogP contribution in [0.25, 0.3) is 0 Å². The van der Waals surface area contributed by atoms with E-state index < -0.39 is 0 Å². The topological polar surface area (TPSA) is 64.9 Å². The van der Waals surface area contributed by atoms with Crippen LogP contribution >= 0.6 is 0 Å². The second-order valence-corrected chi connectivity index (χ2v) is 5.96. The van der Waals surface area contributed by atoms with E-state index in [1.54, 1.807) is 0 Å². The molecule has 2 N–H and O–H groups in total. The zero-order valence-electron chi connectivity index (χ0n) is 12.7. The van der Waals surface area contributed by atoms with Gasteiger partial charge in [0.1, 0.15) is 0 Å². The average Bonchev–Trinajstić information content (AvgIpc) is 2.75. The number of rotatable bonds is 5. The minimum atomic E-state index is -0.171. The normalized spacial score (nSPS) is 12.9. The highest BCUT2D eigenvalue weighted by Gasteiger charge is 2.16. The molecule has 0 aliphatic carbocycles. The molecule has 0 spiro atoms. The van der Waals surface area contributed by atoms with Gasteiger partial charge in [0.2, 0.25) is 5.89 Å². The summed E-state index contributed by atoms with van der Waals surface area (Å²) in [5.41, 5.74) is 9.76. The quantitative estimate of drug-likeness (QED) is 0.907. The average molecular weight is 273 g/mol. The maximum Gasteiger partial charge on any atom is 0.243 e. The van der Waals surface area contributed by atoms with Crippen LogP contribution in [0, 0.1) is 19.8 Å². The van der Waals surface area contributed by atoms with Gasteiger partial charge >= 0.3 is 0 Å². The predicted molar refractivity (Wildman–Crippen MR) is 79.4 cm³/mol. The molecule has 108 valence electrons. The van der Waals surface area contributed by atoms with Gasteiger partial charge in [0, 0.05) is 6.42 Å². The number of hydrogen-bond donors (Lipinski definition) is 1. The van der Waals surface area contributed by atoms with Crippen molar-refractivity contribution >= 4 is 0 Å². The van der Waals surface area contributed by atoms with E-state index in [9.17, 15) is 0 Å². The van der Waals surface area contributed by atoms with Gasteiger partial charge in [0.15, 0.2) is 5.82 Å². The summed E-state index contributed by atoms with van der Waals surface area (Å²) in [7, 11) is 0. The Bertz CT molecular complexity index is 555. The lowest BCUT2D eigenvalue weighted by atomic mass is 10.0. The number of benzene rings is 1. The molecule has 0 unspecified atom stereocenters. The predicted octanol–water partition coefficient (Wildman–Crippen LogP) is 3.32. The van der Waals surface area contributed by atoms with Crippen LogP contribution in [0.4, 0.5) is 0 Å². The lowest BCUT2D eigenvalue weighted by Gasteiger charge is -2.08. The first-order valence-electron chi connectivity index (χ1n) is 7.09. The molecule has 0 bridgehead atoms. The Morgan fingerprint density at radius 2 is 1.80 bits per heavy atom. The summed E-state index contributed by atoms with van der Waals surface area (Å²) in [4.78, 5) is 4.42. The standard InChI is InChI=1S/C16H23N3O/c1-10(2)5-14(17)16-18-15(19-20-16)9-13-7-11(3)6-12(4)8-13/h6-8,10,14H,5,9,17H2,1-4H3/t14-/m1/s1. The van der Waals surface area contributed by atoms with E-state index in [-0.39, 0.29) is 6.04 Å².